The molecule has 6 heteroatoms. The van der Waals surface area contributed by atoms with Gasteiger partial charge >= 0.3 is 0 Å². The summed E-state index contributed by atoms with van der Waals surface area (Å²) in [4.78, 5) is 17.2. The zero-order valence-electron chi connectivity index (χ0n) is 18.1. The van der Waals surface area contributed by atoms with E-state index >= 15 is 0 Å². The van der Waals surface area contributed by atoms with Crippen molar-refractivity contribution in [2.75, 3.05) is 26.2 Å². The predicted octanol–water partition coefficient (Wildman–Crippen LogP) is 3.32. The second-order valence-electron chi connectivity index (χ2n) is 8.22. The summed E-state index contributed by atoms with van der Waals surface area (Å²) in [5, 5.41) is 14.5. The van der Waals surface area contributed by atoms with Gasteiger partial charge in [0.1, 0.15) is 0 Å². The number of aliphatic hydroxyl groups is 1. The summed E-state index contributed by atoms with van der Waals surface area (Å²) in [7, 11) is 1.92. The molecule has 0 unspecified atom stereocenters. The lowest BCUT2D eigenvalue weighted by atomic mass is 9.96. The molecule has 1 N–H and O–H groups in total. The summed E-state index contributed by atoms with van der Waals surface area (Å²) in [6.07, 6.45) is 18.6. The number of rotatable bonds is 4. The van der Waals surface area contributed by atoms with E-state index < -0.39 is 0 Å². The number of aromatic nitrogens is 2. The Bertz CT molecular complexity index is 1260. The molecule has 0 radical (unpaired) electrons. The highest BCUT2D eigenvalue weighted by molar-refractivity contribution is 6.00. The molecule has 1 aromatic heterocycles. The van der Waals surface area contributed by atoms with Crippen molar-refractivity contribution in [3.05, 3.63) is 95.5 Å². The van der Waals surface area contributed by atoms with Crippen LogP contribution in [0.15, 0.2) is 90.0 Å². The van der Waals surface area contributed by atoms with Crippen LogP contribution in [0.3, 0.4) is 0 Å². The molecule has 1 amide bonds. The van der Waals surface area contributed by atoms with Crippen LogP contribution in [0.1, 0.15) is 12.0 Å². The number of benzene rings is 1. The highest BCUT2D eigenvalue weighted by Crippen LogP contribution is 2.29. The minimum Gasteiger partial charge on any atom is -0.395 e. The van der Waals surface area contributed by atoms with E-state index in [2.05, 4.69) is 28.2 Å². The molecule has 0 atom stereocenters. The molecule has 0 fully saturated rings. The van der Waals surface area contributed by atoms with Crippen molar-refractivity contribution >= 4 is 22.4 Å². The summed E-state index contributed by atoms with van der Waals surface area (Å²) in [6.45, 7) is 2.61. The molecule has 0 saturated heterocycles. The van der Waals surface area contributed by atoms with Crippen molar-refractivity contribution in [3.63, 3.8) is 0 Å². The molecule has 6 nitrogen and oxygen atoms in total. The van der Waals surface area contributed by atoms with Gasteiger partial charge in [-0.05, 0) is 53.0 Å². The number of aliphatic hydroxyl groups excluding tert-OH is 1. The van der Waals surface area contributed by atoms with Gasteiger partial charge in [-0.1, -0.05) is 30.4 Å². The summed E-state index contributed by atoms with van der Waals surface area (Å²) >= 11 is 0. The van der Waals surface area contributed by atoms with Crippen LogP contribution in [-0.4, -0.2) is 56.8 Å². The van der Waals surface area contributed by atoms with Gasteiger partial charge in [-0.3, -0.25) is 19.3 Å². The van der Waals surface area contributed by atoms with Gasteiger partial charge in [-0.15, -0.1) is 0 Å². The third-order valence-corrected chi connectivity index (χ3v) is 6.20. The van der Waals surface area contributed by atoms with Gasteiger partial charge in [0, 0.05) is 50.0 Å². The van der Waals surface area contributed by atoms with Crippen LogP contribution in [0.2, 0.25) is 0 Å². The molecule has 0 bridgehead atoms. The average Bonchev–Trinajstić information content (AvgIpc) is 3.18. The topological polar surface area (TPSA) is 61.6 Å². The summed E-state index contributed by atoms with van der Waals surface area (Å²) in [5.41, 5.74) is 6.08. The number of nitrogens with zero attached hydrogens (tertiary/aromatic N) is 4. The molecule has 1 aromatic carbocycles. The quantitative estimate of drug-likeness (QED) is 0.815. The van der Waals surface area contributed by atoms with Crippen molar-refractivity contribution < 1.29 is 9.90 Å². The van der Waals surface area contributed by atoms with Crippen LogP contribution in [0, 0.1) is 0 Å². The molecule has 4 heterocycles. The van der Waals surface area contributed by atoms with Gasteiger partial charge in [-0.2, -0.15) is 5.10 Å². The second-order valence-corrected chi connectivity index (χ2v) is 8.22. The molecule has 0 spiro atoms. The molecule has 0 aliphatic carbocycles. The lowest BCUT2D eigenvalue weighted by Gasteiger charge is -2.29. The molecular weight excluding hydrogens is 400 g/mol. The smallest absolute Gasteiger partial charge is 0.255 e. The molecular formula is C26H26N4O2. The van der Waals surface area contributed by atoms with E-state index in [1.807, 2.05) is 60.6 Å². The van der Waals surface area contributed by atoms with Crippen LogP contribution >= 0.6 is 0 Å². The Morgan fingerprint density at radius 2 is 2.06 bits per heavy atom. The first-order valence-corrected chi connectivity index (χ1v) is 10.9. The van der Waals surface area contributed by atoms with E-state index in [0.717, 1.165) is 52.8 Å². The monoisotopic (exact) mass is 426 g/mol. The highest BCUT2D eigenvalue weighted by atomic mass is 16.3. The molecule has 162 valence electrons. The van der Waals surface area contributed by atoms with E-state index in [1.54, 1.807) is 11.0 Å². The van der Waals surface area contributed by atoms with Crippen molar-refractivity contribution in [2.24, 2.45) is 7.05 Å². The van der Waals surface area contributed by atoms with Gasteiger partial charge in [0.25, 0.3) is 5.91 Å². The number of allylic oxidation sites excluding steroid dienone is 7. The number of amides is 1. The third kappa shape index (κ3) is 3.90. The van der Waals surface area contributed by atoms with Crippen molar-refractivity contribution in [1.82, 2.24) is 19.6 Å². The first kappa shape index (κ1) is 20.4. The molecule has 3 aliphatic rings. The largest absolute Gasteiger partial charge is 0.395 e. The van der Waals surface area contributed by atoms with Crippen LogP contribution < -0.4 is 0 Å². The Morgan fingerprint density at radius 1 is 1.16 bits per heavy atom. The molecule has 32 heavy (non-hydrogen) atoms. The Kier molecular flexibility index (Phi) is 5.47. The van der Waals surface area contributed by atoms with Crippen molar-refractivity contribution in [1.29, 1.82) is 0 Å². The van der Waals surface area contributed by atoms with Crippen LogP contribution in [-0.2, 0) is 11.8 Å². The fourth-order valence-electron chi connectivity index (χ4n) is 4.37. The fourth-order valence-corrected chi connectivity index (χ4v) is 4.37. The number of carbonyl (C=O) groups excluding carboxylic acids is 1. The van der Waals surface area contributed by atoms with E-state index in [-0.39, 0.29) is 12.5 Å². The second kappa shape index (κ2) is 8.57. The van der Waals surface area contributed by atoms with Gasteiger partial charge in [0.2, 0.25) is 0 Å². The maximum atomic E-state index is 13.2. The molecule has 3 aliphatic heterocycles. The molecule has 2 aromatic rings. The first-order valence-electron chi connectivity index (χ1n) is 10.9. The van der Waals surface area contributed by atoms with Gasteiger partial charge in [0.15, 0.2) is 0 Å². The summed E-state index contributed by atoms with van der Waals surface area (Å²) in [5.74, 6) is -0.0675. The van der Waals surface area contributed by atoms with Crippen molar-refractivity contribution in [3.8, 4) is 0 Å². The van der Waals surface area contributed by atoms with Crippen molar-refractivity contribution in [2.45, 2.75) is 6.42 Å². The Morgan fingerprint density at radius 3 is 2.88 bits per heavy atom. The van der Waals surface area contributed by atoms with E-state index in [0.29, 0.717) is 6.54 Å². The zero-order valence-corrected chi connectivity index (χ0v) is 18.1. The van der Waals surface area contributed by atoms with Crippen LogP contribution in [0.4, 0.5) is 0 Å². The van der Waals surface area contributed by atoms with Crippen LogP contribution in [0.25, 0.3) is 16.5 Å². The summed E-state index contributed by atoms with van der Waals surface area (Å²) < 4.78 is 1.84. The molecule has 0 saturated carbocycles. The number of carbonyl (C=O) groups is 1. The normalized spacial score (nSPS) is 20.8. The van der Waals surface area contributed by atoms with Gasteiger partial charge in [-0.25, -0.2) is 0 Å². The van der Waals surface area contributed by atoms with E-state index in [9.17, 15) is 4.79 Å². The standard InChI is InChI=1S/C26H26N4O2/c1-28-25-8-6-21(15-23(25)17-27-28)20-3-2-4-24-7-5-22(18-30(24)26(32)16-20)19-9-11-29(12-10-19)13-14-31/h2-9,15-18,31H,10-14H2,1H3/b3-2?,20-16?,24-4+. The molecule has 5 rings (SSSR count). The summed E-state index contributed by atoms with van der Waals surface area (Å²) in [6, 6.07) is 6.14. The lowest BCUT2D eigenvalue weighted by molar-refractivity contribution is -0.122. The predicted molar refractivity (Wildman–Crippen MR) is 126 cm³/mol. The first-order chi connectivity index (χ1) is 15.6. The highest BCUT2D eigenvalue weighted by Gasteiger charge is 2.21. The number of β-amino-alcohol motifs (C(OH)–C–C–N with tert-alkyl or cyclic N) is 1. The Hall–Kier alpha value is -3.48. The number of hydrogen-bond donors (Lipinski definition) is 1. The Labute approximate surface area is 187 Å². The van der Waals surface area contributed by atoms with E-state index in [4.69, 9.17) is 5.11 Å². The maximum Gasteiger partial charge on any atom is 0.255 e. The number of hydrogen-bond acceptors (Lipinski definition) is 4. The third-order valence-electron chi connectivity index (χ3n) is 6.20. The van der Waals surface area contributed by atoms with Crippen LogP contribution in [0.5, 0.6) is 0 Å². The minimum atomic E-state index is -0.0675. The SMILES string of the molecule is Cn1ncc2cc(C3=CC(=O)N4C=C(C5=CCN(CCO)CC5)C=C/C4=C\C=C3)ccc21. The Balaban J connectivity index is 1.43. The average molecular weight is 427 g/mol. The van der Waals surface area contributed by atoms with Gasteiger partial charge in [0.05, 0.1) is 18.3 Å². The van der Waals surface area contributed by atoms with E-state index in [1.165, 1.54) is 5.57 Å². The number of fused-ring (bicyclic) bond motifs is 2. The van der Waals surface area contributed by atoms with Gasteiger partial charge < -0.3 is 5.11 Å². The maximum absolute atomic E-state index is 13.2. The fraction of sp³-hybridized carbons (Fsp3) is 0.231. The zero-order chi connectivity index (χ0) is 22.1. The lowest BCUT2D eigenvalue weighted by Crippen LogP contribution is -2.32. The number of aryl methyl sites for hydroxylation is 1. The minimum absolute atomic E-state index is 0.0675.